The van der Waals surface area contributed by atoms with Crippen LogP contribution in [0.15, 0.2) is 30.5 Å². The summed E-state index contributed by atoms with van der Waals surface area (Å²) >= 11 is 4.71. The molecule has 1 unspecified atom stereocenters. The SMILES string of the molecule is COc1ccc(Cc2cnc(NC(=O)C(C)Br)s2)cc1. The van der Waals surface area contributed by atoms with E-state index in [1.807, 2.05) is 24.3 Å². The molecule has 2 aromatic rings. The standard InChI is InChI=1S/C14H15BrN2O2S/c1-9(15)13(18)17-14-16-8-12(20-14)7-10-3-5-11(19-2)6-4-10/h3-6,8-9H,7H2,1-2H3,(H,16,17,18). The van der Waals surface area contributed by atoms with E-state index in [0.717, 1.165) is 17.0 Å². The predicted molar refractivity (Wildman–Crippen MR) is 84.9 cm³/mol. The molecular formula is C14H15BrN2O2S. The van der Waals surface area contributed by atoms with Gasteiger partial charge in [-0.15, -0.1) is 11.3 Å². The van der Waals surface area contributed by atoms with Crippen LogP contribution in [-0.4, -0.2) is 22.8 Å². The fourth-order valence-electron chi connectivity index (χ4n) is 1.60. The number of methoxy groups -OCH3 is 1. The summed E-state index contributed by atoms with van der Waals surface area (Å²) in [6, 6.07) is 7.92. The maximum atomic E-state index is 11.5. The molecule has 0 radical (unpaired) electrons. The number of amides is 1. The first-order valence-corrected chi connectivity index (χ1v) is 7.84. The van der Waals surface area contributed by atoms with Crippen LogP contribution in [0, 0.1) is 0 Å². The summed E-state index contributed by atoms with van der Waals surface area (Å²) in [4.78, 5) is 16.6. The third-order valence-electron chi connectivity index (χ3n) is 2.68. The first kappa shape index (κ1) is 15.0. The van der Waals surface area contributed by atoms with Gasteiger partial charge in [0.15, 0.2) is 5.13 Å². The van der Waals surface area contributed by atoms with Crippen LogP contribution < -0.4 is 10.1 Å². The lowest BCUT2D eigenvalue weighted by Gasteiger charge is -2.02. The van der Waals surface area contributed by atoms with E-state index in [1.165, 1.54) is 16.9 Å². The van der Waals surface area contributed by atoms with Gasteiger partial charge < -0.3 is 10.1 Å². The van der Waals surface area contributed by atoms with E-state index >= 15 is 0 Å². The average Bonchev–Trinajstić information content (AvgIpc) is 2.86. The molecule has 6 heteroatoms. The largest absolute Gasteiger partial charge is 0.497 e. The zero-order chi connectivity index (χ0) is 14.5. The fourth-order valence-corrected chi connectivity index (χ4v) is 2.56. The highest BCUT2D eigenvalue weighted by atomic mass is 79.9. The quantitative estimate of drug-likeness (QED) is 0.836. The van der Waals surface area contributed by atoms with Crippen molar-refractivity contribution in [1.29, 1.82) is 0 Å². The van der Waals surface area contributed by atoms with Crippen LogP contribution in [0.5, 0.6) is 5.75 Å². The summed E-state index contributed by atoms with van der Waals surface area (Å²) < 4.78 is 5.13. The number of carbonyl (C=O) groups excluding carboxylic acids is 1. The Bertz CT molecular complexity index is 581. The number of nitrogens with zero attached hydrogens (tertiary/aromatic N) is 1. The number of halogens is 1. The van der Waals surface area contributed by atoms with Crippen molar-refractivity contribution in [2.45, 2.75) is 18.2 Å². The van der Waals surface area contributed by atoms with E-state index in [-0.39, 0.29) is 10.7 Å². The number of benzene rings is 1. The molecule has 0 aliphatic carbocycles. The van der Waals surface area contributed by atoms with Crippen molar-refractivity contribution in [2.75, 3.05) is 12.4 Å². The molecule has 0 fully saturated rings. The Labute approximate surface area is 130 Å². The van der Waals surface area contributed by atoms with Gasteiger partial charge in [0.25, 0.3) is 0 Å². The third-order valence-corrected chi connectivity index (χ3v) is 4.01. The Morgan fingerprint density at radius 1 is 1.45 bits per heavy atom. The van der Waals surface area contributed by atoms with Crippen molar-refractivity contribution < 1.29 is 9.53 Å². The lowest BCUT2D eigenvalue weighted by molar-refractivity contribution is -0.115. The fraction of sp³-hybridized carbons (Fsp3) is 0.286. The van der Waals surface area contributed by atoms with E-state index in [4.69, 9.17) is 4.74 Å². The normalized spacial score (nSPS) is 11.9. The molecule has 0 spiro atoms. The molecular weight excluding hydrogens is 340 g/mol. The zero-order valence-electron chi connectivity index (χ0n) is 11.2. The van der Waals surface area contributed by atoms with E-state index in [2.05, 4.69) is 26.2 Å². The van der Waals surface area contributed by atoms with Gasteiger partial charge in [-0.2, -0.15) is 0 Å². The van der Waals surface area contributed by atoms with Crippen LogP contribution in [-0.2, 0) is 11.2 Å². The van der Waals surface area contributed by atoms with Crippen molar-refractivity contribution in [3.8, 4) is 5.75 Å². The van der Waals surface area contributed by atoms with Gasteiger partial charge in [0.2, 0.25) is 5.91 Å². The highest BCUT2D eigenvalue weighted by molar-refractivity contribution is 9.10. The molecule has 2 rings (SSSR count). The smallest absolute Gasteiger partial charge is 0.239 e. The molecule has 1 atom stereocenters. The van der Waals surface area contributed by atoms with Crippen LogP contribution >= 0.6 is 27.3 Å². The molecule has 0 aliphatic heterocycles. The van der Waals surface area contributed by atoms with Crippen LogP contribution in [0.3, 0.4) is 0 Å². The molecule has 106 valence electrons. The summed E-state index contributed by atoms with van der Waals surface area (Å²) in [5.74, 6) is 0.757. The Kier molecular flexibility index (Phi) is 5.14. The number of hydrogen-bond donors (Lipinski definition) is 1. The second-order valence-electron chi connectivity index (χ2n) is 4.26. The summed E-state index contributed by atoms with van der Waals surface area (Å²) in [7, 11) is 1.65. The van der Waals surface area contributed by atoms with Crippen molar-refractivity contribution in [2.24, 2.45) is 0 Å². The van der Waals surface area contributed by atoms with E-state index in [9.17, 15) is 4.79 Å². The van der Waals surface area contributed by atoms with E-state index < -0.39 is 0 Å². The summed E-state index contributed by atoms with van der Waals surface area (Å²) in [6.45, 7) is 1.78. The molecule has 0 saturated carbocycles. The van der Waals surface area contributed by atoms with Crippen LogP contribution in [0.2, 0.25) is 0 Å². The monoisotopic (exact) mass is 354 g/mol. The van der Waals surface area contributed by atoms with E-state index in [1.54, 1.807) is 20.2 Å². The molecule has 0 bridgehead atoms. The summed E-state index contributed by atoms with van der Waals surface area (Å²) in [6.07, 6.45) is 2.59. The number of nitrogens with one attached hydrogen (secondary N) is 1. The second-order valence-corrected chi connectivity index (χ2v) is 6.75. The minimum absolute atomic E-state index is 0.0876. The maximum absolute atomic E-state index is 11.5. The number of aromatic nitrogens is 1. The highest BCUT2D eigenvalue weighted by Gasteiger charge is 2.11. The van der Waals surface area contributed by atoms with Crippen molar-refractivity contribution in [3.63, 3.8) is 0 Å². The van der Waals surface area contributed by atoms with Gasteiger partial charge in [0, 0.05) is 17.5 Å². The first-order chi connectivity index (χ1) is 9.58. The molecule has 1 aromatic carbocycles. The van der Waals surface area contributed by atoms with Crippen LogP contribution in [0.4, 0.5) is 5.13 Å². The Hall–Kier alpha value is -1.40. The number of hydrogen-bond acceptors (Lipinski definition) is 4. The zero-order valence-corrected chi connectivity index (χ0v) is 13.6. The molecule has 4 nitrogen and oxygen atoms in total. The lowest BCUT2D eigenvalue weighted by atomic mass is 10.1. The Balaban J connectivity index is 1.99. The van der Waals surface area contributed by atoms with E-state index in [0.29, 0.717) is 5.13 Å². The summed E-state index contributed by atoms with van der Waals surface area (Å²) in [5, 5.41) is 3.40. The number of anilines is 1. The van der Waals surface area contributed by atoms with Crippen molar-refractivity contribution in [1.82, 2.24) is 4.98 Å². The lowest BCUT2D eigenvalue weighted by Crippen LogP contribution is -2.19. The number of carbonyl (C=O) groups is 1. The second kappa shape index (κ2) is 6.85. The van der Waals surface area contributed by atoms with Gasteiger partial charge in [-0.3, -0.25) is 4.79 Å². The average molecular weight is 355 g/mol. The van der Waals surface area contributed by atoms with Gasteiger partial charge in [0.1, 0.15) is 5.75 Å². The minimum atomic E-state index is -0.226. The molecule has 20 heavy (non-hydrogen) atoms. The number of alkyl halides is 1. The number of rotatable bonds is 5. The minimum Gasteiger partial charge on any atom is -0.497 e. The van der Waals surface area contributed by atoms with Crippen LogP contribution in [0.1, 0.15) is 17.4 Å². The Morgan fingerprint density at radius 3 is 2.75 bits per heavy atom. The topological polar surface area (TPSA) is 51.2 Å². The van der Waals surface area contributed by atoms with Gasteiger partial charge in [-0.25, -0.2) is 4.98 Å². The first-order valence-electron chi connectivity index (χ1n) is 6.11. The van der Waals surface area contributed by atoms with Crippen molar-refractivity contribution >= 4 is 38.3 Å². The third kappa shape index (κ3) is 4.05. The number of ether oxygens (including phenoxy) is 1. The predicted octanol–water partition coefficient (Wildman–Crippen LogP) is 3.46. The van der Waals surface area contributed by atoms with Gasteiger partial charge in [-0.1, -0.05) is 28.1 Å². The maximum Gasteiger partial charge on any atom is 0.239 e. The van der Waals surface area contributed by atoms with Crippen LogP contribution in [0.25, 0.3) is 0 Å². The molecule has 1 amide bonds. The molecule has 0 aliphatic rings. The highest BCUT2D eigenvalue weighted by Crippen LogP contribution is 2.22. The molecule has 0 saturated heterocycles. The van der Waals surface area contributed by atoms with Crippen molar-refractivity contribution in [3.05, 3.63) is 40.9 Å². The molecule has 1 N–H and O–H groups in total. The summed E-state index contributed by atoms with van der Waals surface area (Å²) in [5.41, 5.74) is 1.18. The van der Waals surface area contributed by atoms with Gasteiger partial charge in [-0.05, 0) is 24.6 Å². The molecule has 1 heterocycles. The van der Waals surface area contributed by atoms with Gasteiger partial charge >= 0.3 is 0 Å². The molecule has 1 aromatic heterocycles. The Morgan fingerprint density at radius 2 is 2.15 bits per heavy atom. The van der Waals surface area contributed by atoms with Gasteiger partial charge in [0.05, 0.1) is 11.9 Å². The number of thiazole rings is 1.